The Bertz CT molecular complexity index is 431. The van der Waals surface area contributed by atoms with Gasteiger partial charge in [-0.25, -0.2) is 0 Å². The van der Waals surface area contributed by atoms with Gasteiger partial charge >= 0.3 is 0 Å². The molecule has 1 aromatic rings. The molecule has 0 heterocycles. The zero-order valence-electron chi connectivity index (χ0n) is 10.2. The van der Waals surface area contributed by atoms with E-state index in [2.05, 4.69) is 5.16 Å². The fourth-order valence-electron chi connectivity index (χ4n) is 1.21. The van der Waals surface area contributed by atoms with Crippen LogP contribution in [0.2, 0.25) is 5.02 Å². The Morgan fingerprint density at radius 1 is 1.53 bits per heavy atom. The number of halogens is 1. The van der Waals surface area contributed by atoms with Crippen LogP contribution in [0.15, 0.2) is 23.4 Å². The van der Waals surface area contributed by atoms with Crippen LogP contribution in [0.25, 0.3) is 0 Å². The molecule has 0 amide bonds. The highest BCUT2D eigenvalue weighted by atomic mass is 35.5. The summed E-state index contributed by atoms with van der Waals surface area (Å²) in [5, 5.41) is 11.9. The Balaban J connectivity index is 2.97. The Hall–Kier alpha value is -1.42. The van der Waals surface area contributed by atoms with Gasteiger partial charge in [0.1, 0.15) is 11.4 Å². The number of hydrogen-bond acceptors (Lipinski definition) is 3. The van der Waals surface area contributed by atoms with E-state index in [0.717, 1.165) is 6.42 Å². The number of benzene rings is 1. The molecule has 0 bridgehead atoms. The maximum Gasteiger partial charge on any atom is 0.171 e. The van der Waals surface area contributed by atoms with Gasteiger partial charge in [-0.15, -0.1) is 0 Å². The number of ether oxygens (including phenoxy) is 1. The molecule has 4 nitrogen and oxygen atoms in total. The largest absolute Gasteiger partial charge is 0.488 e. The molecule has 0 saturated heterocycles. The molecule has 0 fully saturated rings. The van der Waals surface area contributed by atoms with Gasteiger partial charge in [-0.2, -0.15) is 0 Å². The molecule has 0 saturated carbocycles. The first-order chi connectivity index (χ1) is 7.89. The molecular formula is C12H17ClN2O2. The lowest BCUT2D eigenvalue weighted by Gasteiger charge is -2.25. The Morgan fingerprint density at radius 2 is 2.18 bits per heavy atom. The number of amidine groups is 1. The van der Waals surface area contributed by atoms with E-state index in [1.165, 1.54) is 0 Å². The maximum absolute atomic E-state index is 8.58. The summed E-state index contributed by atoms with van der Waals surface area (Å²) in [7, 11) is 0. The molecule has 5 heteroatoms. The summed E-state index contributed by atoms with van der Waals surface area (Å²) in [5.74, 6) is 0.646. The summed E-state index contributed by atoms with van der Waals surface area (Å²) in [6.07, 6.45) is 0.882. The highest BCUT2D eigenvalue weighted by Gasteiger charge is 2.17. The summed E-state index contributed by atoms with van der Waals surface area (Å²) in [6, 6.07) is 5.07. The zero-order valence-corrected chi connectivity index (χ0v) is 11.0. The molecule has 0 aliphatic heterocycles. The van der Waals surface area contributed by atoms with Gasteiger partial charge in [0.2, 0.25) is 0 Å². The summed E-state index contributed by atoms with van der Waals surface area (Å²) in [6.45, 7) is 6.04. The standard InChI is InChI=1S/C12H17ClN2O2/c1-4-12(2,3)17-8-5-6-9(10(13)7-8)11(14)15-16/h5-7,16H,4H2,1-3H3,(H2,14,15). The molecule has 17 heavy (non-hydrogen) atoms. The third kappa shape index (κ3) is 3.53. The number of oxime groups is 1. The van der Waals surface area contributed by atoms with Crippen molar-refractivity contribution in [1.82, 2.24) is 0 Å². The smallest absolute Gasteiger partial charge is 0.171 e. The molecule has 0 spiro atoms. The summed E-state index contributed by atoms with van der Waals surface area (Å²) in [4.78, 5) is 0. The van der Waals surface area contributed by atoms with Crippen molar-refractivity contribution in [2.45, 2.75) is 32.8 Å². The molecule has 0 atom stereocenters. The van der Waals surface area contributed by atoms with Crippen molar-refractivity contribution < 1.29 is 9.94 Å². The van der Waals surface area contributed by atoms with Crippen LogP contribution < -0.4 is 10.5 Å². The molecular weight excluding hydrogens is 240 g/mol. The molecule has 0 unspecified atom stereocenters. The van der Waals surface area contributed by atoms with E-state index < -0.39 is 0 Å². The number of nitrogens with zero attached hydrogens (tertiary/aromatic N) is 1. The summed E-state index contributed by atoms with van der Waals surface area (Å²) >= 11 is 6.02. The SMILES string of the molecule is CCC(C)(C)Oc1ccc(C(N)=NO)c(Cl)c1. The minimum absolute atomic E-state index is 0.0173. The van der Waals surface area contributed by atoms with E-state index in [1.807, 2.05) is 20.8 Å². The highest BCUT2D eigenvalue weighted by molar-refractivity contribution is 6.34. The lowest BCUT2D eigenvalue weighted by molar-refractivity contribution is 0.105. The second kappa shape index (κ2) is 5.27. The number of nitrogens with two attached hydrogens (primary N) is 1. The monoisotopic (exact) mass is 256 g/mol. The summed E-state index contributed by atoms with van der Waals surface area (Å²) in [5.41, 5.74) is 5.71. The molecule has 1 rings (SSSR count). The molecule has 0 aliphatic carbocycles. The van der Waals surface area contributed by atoms with Crippen LogP contribution in [0.1, 0.15) is 32.8 Å². The van der Waals surface area contributed by atoms with Crippen molar-refractivity contribution in [3.63, 3.8) is 0 Å². The molecule has 94 valence electrons. The first-order valence-electron chi connectivity index (χ1n) is 5.36. The van der Waals surface area contributed by atoms with Crippen LogP contribution in [0.4, 0.5) is 0 Å². The Morgan fingerprint density at radius 3 is 2.65 bits per heavy atom. The van der Waals surface area contributed by atoms with Crippen LogP contribution >= 0.6 is 11.6 Å². The molecule has 3 N–H and O–H groups in total. The normalized spacial score (nSPS) is 12.6. The Kier molecular flexibility index (Phi) is 4.23. The van der Waals surface area contributed by atoms with Crippen LogP contribution in [0, 0.1) is 0 Å². The molecule has 1 aromatic carbocycles. The third-order valence-corrected chi connectivity index (χ3v) is 2.88. The predicted molar refractivity (Wildman–Crippen MR) is 69.0 cm³/mol. The van der Waals surface area contributed by atoms with Gasteiger partial charge in [-0.05, 0) is 38.5 Å². The van der Waals surface area contributed by atoms with Crippen molar-refractivity contribution in [1.29, 1.82) is 0 Å². The highest BCUT2D eigenvalue weighted by Crippen LogP contribution is 2.26. The molecule has 0 radical (unpaired) electrons. The van der Waals surface area contributed by atoms with Gasteiger partial charge in [0.25, 0.3) is 0 Å². The second-order valence-corrected chi connectivity index (χ2v) is 4.75. The first-order valence-corrected chi connectivity index (χ1v) is 5.74. The van der Waals surface area contributed by atoms with E-state index >= 15 is 0 Å². The second-order valence-electron chi connectivity index (χ2n) is 4.34. The van der Waals surface area contributed by atoms with E-state index in [9.17, 15) is 0 Å². The zero-order chi connectivity index (χ0) is 13.1. The van der Waals surface area contributed by atoms with E-state index in [0.29, 0.717) is 16.3 Å². The van der Waals surface area contributed by atoms with Gasteiger partial charge in [0, 0.05) is 5.56 Å². The topological polar surface area (TPSA) is 67.8 Å². The molecule has 0 aliphatic rings. The van der Waals surface area contributed by atoms with Crippen LogP contribution in [0.3, 0.4) is 0 Å². The maximum atomic E-state index is 8.58. The van der Waals surface area contributed by atoms with Crippen LogP contribution in [0.5, 0.6) is 5.75 Å². The van der Waals surface area contributed by atoms with Crippen molar-refractivity contribution in [2.24, 2.45) is 10.9 Å². The van der Waals surface area contributed by atoms with Crippen molar-refractivity contribution in [2.75, 3.05) is 0 Å². The van der Waals surface area contributed by atoms with Gasteiger partial charge in [-0.3, -0.25) is 0 Å². The minimum atomic E-state index is -0.249. The fourth-order valence-corrected chi connectivity index (χ4v) is 1.48. The van der Waals surface area contributed by atoms with Gasteiger partial charge < -0.3 is 15.7 Å². The Labute approximate surface area is 106 Å². The molecule has 0 aromatic heterocycles. The lowest BCUT2D eigenvalue weighted by Crippen LogP contribution is -2.26. The van der Waals surface area contributed by atoms with E-state index in [1.54, 1.807) is 18.2 Å². The van der Waals surface area contributed by atoms with Crippen LogP contribution in [-0.2, 0) is 0 Å². The van der Waals surface area contributed by atoms with Gasteiger partial charge in [0.05, 0.1) is 5.02 Å². The first kappa shape index (κ1) is 13.6. The fraction of sp³-hybridized carbons (Fsp3) is 0.417. The predicted octanol–water partition coefficient (Wildman–Crippen LogP) is 3.00. The van der Waals surface area contributed by atoms with Gasteiger partial charge in [-0.1, -0.05) is 23.7 Å². The average molecular weight is 257 g/mol. The number of rotatable bonds is 4. The lowest BCUT2D eigenvalue weighted by atomic mass is 10.1. The van der Waals surface area contributed by atoms with Crippen molar-refractivity contribution in [3.05, 3.63) is 28.8 Å². The minimum Gasteiger partial charge on any atom is -0.488 e. The van der Waals surface area contributed by atoms with Crippen LogP contribution in [-0.4, -0.2) is 16.6 Å². The summed E-state index contributed by atoms with van der Waals surface area (Å²) < 4.78 is 5.77. The average Bonchev–Trinajstić information content (AvgIpc) is 2.28. The van der Waals surface area contributed by atoms with E-state index in [-0.39, 0.29) is 11.4 Å². The number of hydrogen-bond donors (Lipinski definition) is 2. The quantitative estimate of drug-likeness (QED) is 0.377. The van der Waals surface area contributed by atoms with Gasteiger partial charge in [0.15, 0.2) is 5.84 Å². The van der Waals surface area contributed by atoms with Crippen molar-refractivity contribution in [3.8, 4) is 5.75 Å². The van der Waals surface area contributed by atoms with E-state index in [4.69, 9.17) is 27.3 Å². The third-order valence-electron chi connectivity index (χ3n) is 2.57. The van der Waals surface area contributed by atoms with Crippen molar-refractivity contribution >= 4 is 17.4 Å².